The molecule has 2 aromatic rings. The zero-order chi connectivity index (χ0) is 16.4. The van der Waals surface area contributed by atoms with E-state index in [1.54, 1.807) is 0 Å². The molecular weight excluding hydrogens is 360 g/mol. The normalized spacial score (nSPS) is 18.3. The van der Waals surface area contributed by atoms with Crippen molar-refractivity contribution in [1.29, 1.82) is 0 Å². The monoisotopic (exact) mass is 378 g/mol. The molecule has 2 N–H and O–H groups in total. The summed E-state index contributed by atoms with van der Waals surface area (Å²) in [4.78, 5) is 28.6. The number of nitrogens with one attached hydrogen (secondary N) is 1. The summed E-state index contributed by atoms with van der Waals surface area (Å²) < 4.78 is 0.797. The van der Waals surface area contributed by atoms with Gasteiger partial charge < -0.3 is 15.0 Å². The van der Waals surface area contributed by atoms with Crippen LogP contribution in [0, 0.1) is 5.92 Å². The lowest BCUT2D eigenvalue weighted by molar-refractivity contribution is -0.137. The highest BCUT2D eigenvalue weighted by Gasteiger charge is 2.27. The first-order valence-corrected chi connectivity index (χ1v) is 8.63. The molecule has 6 heteroatoms. The second-order valence-electron chi connectivity index (χ2n) is 6.05. The maximum absolute atomic E-state index is 12.8. The fourth-order valence-electron chi connectivity index (χ4n) is 3.23. The van der Waals surface area contributed by atoms with E-state index < -0.39 is 5.97 Å². The van der Waals surface area contributed by atoms with Gasteiger partial charge in [-0.1, -0.05) is 18.2 Å². The van der Waals surface area contributed by atoms with Crippen molar-refractivity contribution < 1.29 is 14.7 Å². The number of piperidine rings is 1. The summed E-state index contributed by atoms with van der Waals surface area (Å²) >= 11 is 3.53. The van der Waals surface area contributed by atoms with Crippen LogP contribution in [0.15, 0.2) is 28.7 Å². The van der Waals surface area contributed by atoms with E-state index in [0.29, 0.717) is 18.7 Å². The first kappa shape index (κ1) is 16.1. The summed E-state index contributed by atoms with van der Waals surface area (Å²) in [6, 6.07) is 7.79. The molecule has 1 atom stereocenters. The number of H-pyrrole nitrogens is 1. The Labute approximate surface area is 142 Å². The van der Waals surface area contributed by atoms with Crippen LogP contribution in [0.5, 0.6) is 0 Å². The molecule has 1 fully saturated rings. The van der Waals surface area contributed by atoms with Crippen molar-refractivity contribution >= 4 is 38.7 Å². The first-order chi connectivity index (χ1) is 11.1. The minimum atomic E-state index is -0.771. The predicted octanol–water partition coefficient (Wildman–Crippen LogP) is 3.65. The predicted molar refractivity (Wildman–Crippen MR) is 91.5 cm³/mol. The van der Waals surface area contributed by atoms with Crippen LogP contribution in [0.25, 0.3) is 10.9 Å². The Morgan fingerprint density at radius 1 is 1.35 bits per heavy atom. The lowest BCUT2D eigenvalue weighted by Crippen LogP contribution is -2.40. The summed E-state index contributed by atoms with van der Waals surface area (Å²) in [6.07, 6.45) is 2.72. The molecule has 0 bridgehead atoms. The first-order valence-electron chi connectivity index (χ1n) is 7.83. The van der Waals surface area contributed by atoms with Gasteiger partial charge >= 0.3 is 5.97 Å². The molecule has 0 spiro atoms. The van der Waals surface area contributed by atoms with Crippen molar-refractivity contribution in [2.75, 3.05) is 13.1 Å². The van der Waals surface area contributed by atoms with Gasteiger partial charge in [0, 0.05) is 30.4 Å². The lowest BCUT2D eigenvalue weighted by atomic mass is 9.93. The summed E-state index contributed by atoms with van der Waals surface area (Å²) in [7, 11) is 0. The van der Waals surface area contributed by atoms with Crippen LogP contribution in [0.1, 0.15) is 36.2 Å². The zero-order valence-electron chi connectivity index (χ0n) is 12.7. The van der Waals surface area contributed by atoms with Gasteiger partial charge in [-0.25, -0.2) is 0 Å². The standard InChI is InChI=1S/C17H19BrN2O3/c18-15-12-5-1-2-6-13(12)19-16(15)17(23)20-9-3-4-11(10-20)7-8-14(21)22/h1-2,5-6,11,19H,3-4,7-10H2,(H,21,22). The van der Waals surface area contributed by atoms with E-state index in [0.717, 1.165) is 34.8 Å². The van der Waals surface area contributed by atoms with Crippen LogP contribution in [0.2, 0.25) is 0 Å². The molecule has 1 aromatic heterocycles. The number of hydrogen-bond donors (Lipinski definition) is 2. The molecule has 0 radical (unpaired) electrons. The van der Waals surface area contributed by atoms with Crippen molar-refractivity contribution in [3.8, 4) is 0 Å². The Morgan fingerprint density at radius 2 is 2.13 bits per heavy atom. The van der Waals surface area contributed by atoms with Crippen molar-refractivity contribution in [2.45, 2.75) is 25.7 Å². The number of aromatic nitrogens is 1. The van der Waals surface area contributed by atoms with Crippen molar-refractivity contribution in [3.63, 3.8) is 0 Å². The van der Waals surface area contributed by atoms with E-state index >= 15 is 0 Å². The summed E-state index contributed by atoms with van der Waals surface area (Å²) in [6.45, 7) is 1.36. The maximum Gasteiger partial charge on any atom is 0.303 e. The Balaban J connectivity index is 1.76. The number of likely N-dealkylation sites (tertiary alicyclic amines) is 1. The van der Waals surface area contributed by atoms with Crippen molar-refractivity contribution in [2.24, 2.45) is 5.92 Å². The molecular formula is C17H19BrN2O3. The number of hydrogen-bond acceptors (Lipinski definition) is 2. The average Bonchev–Trinajstić information content (AvgIpc) is 2.90. The van der Waals surface area contributed by atoms with Gasteiger partial charge in [-0.2, -0.15) is 0 Å². The largest absolute Gasteiger partial charge is 0.481 e. The van der Waals surface area contributed by atoms with Gasteiger partial charge in [0.2, 0.25) is 0 Å². The van der Waals surface area contributed by atoms with Crippen LogP contribution in [0.3, 0.4) is 0 Å². The number of carboxylic acid groups (broad SMARTS) is 1. The van der Waals surface area contributed by atoms with E-state index in [4.69, 9.17) is 5.11 Å². The average molecular weight is 379 g/mol. The minimum absolute atomic E-state index is 0.0203. The molecule has 2 heterocycles. The van der Waals surface area contributed by atoms with Gasteiger partial charge in [-0.05, 0) is 47.2 Å². The van der Waals surface area contributed by atoms with Crippen LogP contribution < -0.4 is 0 Å². The van der Waals surface area contributed by atoms with Gasteiger partial charge in [0.25, 0.3) is 5.91 Å². The molecule has 0 saturated carbocycles. The van der Waals surface area contributed by atoms with Gasteiger partial charge in [-0.15, -0.1) is 0 Å². The van der Waals surface area contributed by atoms with E-state index in [9.17, 15) is 9.59 Å². The van der Waals surface area contributed by atoms with Crippen LogP contribution in [-0.2, 0) is 4.79 Å². The topological polar surface area (TPSA) is 73.4 Å². The molecule has 23 heavy (non-hydrogen) atoms. The molecule has 1 unspecified atom stereocenters. The highest BCUT2D eigenvalue weighted by molar-refractivity contribution is 9.10. The number of rotatable bonds is 4. The number of aromatic amines is 1. The van der Waals surface area contributed by atoms with Gasteiger partial charge in [0.15, 0.2) is 0 Å². The van der Waals surface area contributed by atoms with E-state index in [-0.39, 0.29) is 18.2 Å². The number of nitrogens with zero attached hydrogens (tertiary/aromatic N) is 1. The molecule has 3 rings (SSSR count). The summed E-state index contributed by atoms with van der Waals surface area (Å²) in [5.41, 5.74) is 1.51. The minimum Gasteiger partial charge on any atom is -0.481 e. The number of amides is 1. The Hall–Kier alpha value is -1.82. The van der Waals surface area contributed by atoms with E-state index in [1.807, 2.05) is 29.2 Å². The van der Waals surface area contributed by atoms with Gasteiger partial charge in [0.05, 0.1) is 4.47 Å². The third-order valence-corrected chi connectivity index (χ3v) is 5.25. The highest BCUT2D eigenvalue weighted by Crippen LogP contribution is 2.30. The van der Waals surface area contributed by atoms with Crippen LogP contribution in [0.4, 0.5) is 0 Å². The maximum atomic E-state index is 12.8. The third-order valence-electron chi connectivity index (χ3n) is 4.43. The Bertz CT molecular complexity index is 741. The second-order valence-corrected chi connectivity index (χ2v) is 6.84. The highest BCUT2D eigenvalue weighted by atomic mass is 79.9. The van der Waals surface area contributed by atoms with Gasteiger partial charge in [-0.3, -0.25) is 9.59 Å². The van der Waals surface area contributed by atoms with Crippen LogP contribution >= 0.6 is 15.9 Å². The molecule has 1 amide bonds. The number of fused-ring (bicyclic) bond motifs is 1. The summed E-state index contributed by atoms with van der Waals surface area (Å²) in [5.74, 6) is -0.521. The van der Waals surface area contributed by atoms with Crippen molar-refractivity contribution in [3.05, 3.63) is 34.4 Å². The zero-order valence-corrected chi connectivity index (χ0v) is 14.3. The number of carbonyl (C=O) groups is 2. The van der Waals surface area contributed by atoms with E-state index in [1.165, 1.54) is 0 Å². The lowest BCUT2D eigenvalue weighted by Gasteiger charge is -2.32. The Kier molecular flexibility index (Phi) is 4.71. The summed E-state index contributed by atoms with van der Waals surface area (Å²) in [5, 5.41) is 9.82. The van der Waals surface area contributed by atoms with Gasteiger partial charge in [0.1, 0.15) is 5.69 Å². The number of benzene rings is 1. The van der Waals surface area contributed by atoms with E-state index in [2.05, 4.69) is 20.9 Å². The molecule has 1 aliphatic heterocycles. The molecule has 1 aliphatic rings. The van der Waals surface area contributed by atoms with Crippen LogP contribution in [-0.4, -0.2) is 40.0 Å². The third kappa shape index (κ3) is 3.42. The molecule has 5 nitrogen and oxygen atoms in total. The van der Waals surface area contributed by atoms with Crippen molar-refractivity contribution in [1.82, 2.24) is 9.88 Å². The Morgan fingerprint density at radius 3 is 2.87 bits per heavy atom. The number of carbonyl (C=O) groups excluding carboxylic acids is 1. The smallest absolute Gasteiger partial charge is 0.303 e. The molecule has 122 valence electrons. The molecule has 1 aromatic carbocycles. The number of aliphatic carboxylic acids is 1. The number of carboxylic acids is 1. The number of para-hydroxylation sites is 1. The SMILES string of the molecule is O=C(O)CCC1CCCN(C(=O)c2[nH]c3ccccc3c2Br)C1. The quantitative estimate of drug-likeness (QED) is 0.852. The fourth-order valence-corrected chi connectivity index (χ4v) is 3.84. The second kappa shape index (κ2) is 6.74. The fraction of sp³-hybridized carbons (Fsp3) is 0.412. The molecule has 1 saturated heterocycles. The molecule has 0 aliphatic carbocycles. The number of halogens is 1.